The van der Waals surface area contributed by atoms with Crippen molar-refractivity contribution in [3.8, 4) is 0 Å². The fourth-order valence-corrected chi connectivity index (χ4v) is 3.60. The normalized spacial score (nSPS) is 15.8. The topological polar surface area (TPSA) is 80.1 Å². The van der Waals surface area contributed by atoms with Gasteiger partial charge in [0.1, 0.15) is 5.60 Å². The van der Waals surface area contributed by atoms with Gasteiger partial charge in [-0.2, -0.15) is 0 Å². The lowest BCUT2D eigenvalue weighted by molar-refractivity contribution is 0.0636. The molecule has 1 aliphatic rings. The summed E-state index contributed by atoms with van der Waals surface area (Å²) in [6, 6.07) is 4.04. The Balaban J connectivity index is 2.05. The maximum absolute atomic E-state index is 12.1. The molecule has 3 N–H and O–H groups in total. The molecule has 1 fully saturated rings. The van der Waals surface area contributed by atoms with Crippen LogP contribution < -0.4 is 16.0 Å². The summed E-state index contributed by atoms with van der Waals surface area (Å²) < 4.78 is 10.5. The van der Waals surface area contributed by atoms with E-state index < -0.39 is 11.7 Å². The van der Waals surface area contributed by atoms with Crippen LogP contribution in [0.4, 0.5) is 21.9 Å². The first kappa shape index (κ1) is 22.6. The summed E-state index contributed by atoms with van der Waals surface area (Å²) >= 11 is 6.45. The molecule has 1 aromatic carbocycles. The molecule has 1 saturated heterocycles. The van der Waals surface area contributed by atoms with Crippen LogP contribution in [0.25, 0.3) is 0 Å². The van der Waals surface area contributed by atoms with Crippen LogP contribution in [0.3, 0.4) is 0 Å². The zero-order valence-electron chi connectivity index (χ0n) is 17.5. The first-order chi connectivity index (χ1) is 13.1. The third-order valence-corrected chi connectivity index (χ3v) is 5.13. The zero-order chi connectivity index (χ0) is 20.9. The summed E-state index contributed by atoms with van der Waals surface area (Å²) in [5, 5.41) is 3.31. The second-order valence-electron chi connectivity index (χ2n) is 8.21. The molecule has 1 heterocycles. The van der Waals surface area contributed by atoms with Crippen LogP contribution in [-0.2, 0) is 9.47 Å². The number of benzene rings is 1. The summed E-state index contributed by atoms with van der Waals surface area (Å²) in [5.74, 6) is 0. The molecular formula is C20H33ClN4O3. The Hall–Kier alpha value is -1.70. The largest absolute Gasteiger partial charge is 0.444 e. The van der Waals surface area contributed by atoms with Gasteiger partial charge in [-0.25, -0.2) is 4.79 Å². The average molecular weight is 413 g/mol. The lowest BCUT2D eigenvalue weighted by Gasteiger charge is -2.38. The number of hydrogen-bond acceptors (Lipinski definition) is 6. The highest BCUT2D eigenvalue weighted by atomic mass is 35.5. The standard InChI is InChI=1S/C20H33ClN4O3/c1-20(2,3)28-19(26)23-17-13-18(15(21)12-16(17)22)25-8-6-14(7-9-25)24(4)10-11-27-5/h12-14H,6-11,22H2,1-5H3,(H,23,26). The minimum Gasteiger partial charge on any atom is -0.444 e. The molecule has 0 atom stereocenters. The molecule has 0 spiro atoms. The molecule has 1 aromatic rings. The Morgan fingerprint density at radius 2 is 2.00 bits per heavy atom. The van der Waals surface area contributed by atoms with E-state index in [0.717, 1.165) is 44.8 Å². The number of anilines is 3. The van der Waals surface area contributed by atoms with E-state index in [1.807, 2.05) is 26.8 Å². The molecule has 158 valence electrons. The molecule has 0 aromatic heterocycles. The number of hydrogen-bond donors (Lipinski definition) is 2. The number of carbonyl (C=O) groups is 1. The van der Waals surface area contributed by atoms with Crippen molar-refractivity contribution in [3.05, 3.63) is 17.2 Å². The van der Waals surface area contributed by atoms with Gasteiger partial charge in [0.15, 0.2) is 0 Å². The van der Waals surface area contributed by atoms with Crippen LogP contribution in [0.5, 0.6) is 0 Å². The highest BCUT2D eigenvalue weighted by molar-refractivity contribution is 6.33. The number of ether oxygens (including phenoxy) is 2. The first-order valence-corrected chi connectivity index (χ1v) is 10.0. The molecule has 1 aliphatic heterocycles. The number of rotatable bonds is 6. The molecule has 7 nitrogen and oxygen atoms in total. The van der Waals surface area contributed by atoms with Crippen LogP contribution in [0.15, 0.2) is 12.1 Å². The van der Waals surface area contributed by atoms with Gasteiger partial charge in [0, 0.05) is 32.8 Å². The van der Waals surface area contributed by atoms with Gasteiger partial charge in [0.05, 0.1) is 28.7 Å². The Morgan fingerprint density at radius 1 is 1.36 bits per heavy atom. The highest BCUT2D eigenvalue weighted by Gasteiger charge is 2.25. The molecule has 0 saturated carbocycles. The van der Waals surface area contributed by atoms with Gasteiger partial charge >= 0.3 is 6.09 Å². The maximum Gasteiger partial charge on any atom is 0.412 e. The maximum atomic E-state index is 12.1. The molecule has 0 unspecified atom stereocenters. The van der Waals surface area contributed by atoms with E-state index >= 15 is 0 Å². The van der Waals surface area contributed by atoms with Gasteiger partial charge in [0.2, 0.25) is 0 Å². The van der Waals surface area contributed by atoms with Crippen molar-refractivity contribution in [2.45, 2.75) is 45.3 Å². The molecule has 28 heavy (non-hydrogen) atoms. The lowest BCUT2D eigenvalue weighted by Crippen LogP contribution is -2.44. The summed E-state index contributed by atoms with van der Waals surface area (Å²) in [5.41, 5.74) is 7.26. The number of nitrogens with one attached hydrogen (secondary N) is 1. The number of amides is 1. The average Bonchev–Trinajstić information content (AvgIpc) is 2.60. The minimum absolute atomic E-state index is 0.411. The Kier molecular flexibility index (Phi) is 7.80. The van der Waals surface area contributed by atoms with E-state index in [4.69, 9.17) is 26.8 Å². The van der Waals surface area contributed by atoms with Crippen molar-refractivity contribution < 1.29 is 14.3 Å². The van der Waals surface area contributed by atoms with Crippen molar-refractivity contribution in [1.82, 2.24) is 4.90 Å². The number of halogens is 1. The molecule has 0 aliphatic carbocycles. The van der Waals surface area contributed by atoms with Crippen LogP contribution in [0.1, 0.15) is 33.6 Å². The SMILES string of the molecule is COCCN(C)C1CCN(c2cc(NC(=O)OC(C)(C)C)c(N)cc2Cl)CC1. The van der Waals surface area contributed by atoms with Gasteiger partial charge in [-0.05, 0) is 52.8 Å². The zero-order valence-corrected chi connectivity index (χ0v) is 18.3. The van der Waals surface area contributed by atoms with Gasteiger partial charge in [-0.1, -0.05) is 11.6 Å². The molecular weight excluding hydrogens is 380 g/mol. The number of nitrogens with zero attached hydrogens (tertiary/aromatic N) is 2. The molecule has 2 rings (SSSR count). The second-order valence-corrected chi connectivity index (χ2v) is 8.62. The van der Waals surface area contributed by atoms with Gasteiger partial charge in [-0.3, -0.25) is 5.32 Å². The predicted octanol–water partition coefficient (Wildman–Crippen LogP) is 3.82. The van der Waals surface area contributed by atoms with E-state index in [0.29, 0.717) is 22.4 Å². The number of nitrogens with two attached hydrogens (primary N) is 1. The van der Waals surface area contributed by atoms with Crippen LogP contribution in [0.2, 0.25) is 5.02 Å². The van der Waals surface area contributed by atoms with E-state index in [2.05, 4.69) is 22.2 Å². The van der Waals surface area contributed by atoms with Gasteiger partial charge < -0.3 is 25.0 Å². The molecule has 8 heteroatoms. The third-order valence-electron chi connectivity index (χ3n) is 4.83. The quantitative estimate of drug-likeness (QED) is 0.691. The Labute approximate surface area is 173 Å². The molecule has 0 radical (unpaired) electrons. The summed E-state index contributed by atoms with van der Waals surface area (Å²) in [6.45, 7) is 8.88. The third kappa shape index (κ3) is 6.43. The number of carbonyl (C=O) groups excluding carboxylic acids is 1. The van der Waals surface area contributed by atoms with Crippen molar-refractivity contribution >= 4 is 34.8 Å². The summed E-state index contributed by atoms with van der Waals surface area (Å²) in [4.78, 5) is 16.7. The van der Waals surface area contributed by atoms with Crippen molar-refractivity contribution in [1.29, 1.82) is 0 Å². The van der Waals surface area contributed by atoms with E-state index in [9.17, 15) is 4.79 Å². The summed E-state index contributed by atoms with van der Waals surface area (Å²) in [6.07, 6.45) is 1.54. The van der Waals surface area contributed by atoms with E-state index in [1.165, 1.54) is 0 Å². The van der Waals surface area contributed by atoms with Crippen molar-refractivity contribution in [2.24, 2.45) is 0 Å². The van der Waals surface area contributed by atoms with Crippen molar-refractivity contribution in [3.63, 3.8) is 0 Å². The van der Waals surface area contributed by atoms with Crippen LogP contribution >= 0.6 is 11.6 Å². The fourth-order valence-electron chi connectivity index (χ4n) is 3.31. The van der Waals surface area contributed by atoms with Gasteiger partial charge in [-0.15, -0.1) is 0 Å². The number of piperidine rings is 1. The van der Waals surface area contributed by atoms with Crippen molar-refractivity contribution in [2.75, 3.05) is 56.3 Å². The smallest absolute Gasteiger partial charge is 0.412 e. The lowest BCUT2D eigenvalue weighted by atomic mass is 10.0. The first-order valence-electron chi connectivity index (χ1n) is 9.64. The molecule has 1 amide bonds. The van der Waals surface area contributed by atoms with Crippen LogP contribution in [-0.4, -0.2) is 63.0 Å². The van der Waals surface area contributed by atoms with E-state index in [1.54, 1.807) is 13.2 Å². The summed E-state index contributed by atoms with van der Waals surface area (Å²) in [7, 11) is 3.86. The fraction of sp³-hybridized carbons (Fsp3) is 0.650. The Morgan fingerprint density at radius 3 is 2.57 bits per heavy atom. The van der Waals surface area contributed by atoms with Gasteiger partial charge in [0.25, 0.3) is 0 Å². The second kappa shape index (κ2) is 9.67. The number of methoxy groups -OCH3 is 1. The van der Waals surface area contributed by atoms with Crippen LogP contribution in [0, 0.1) is 0 Å². The monoisotopic (exact) mass is 412 g/mol. The molecule has 0 bridgehead atoms. The van der Waals surface area contributed by atoms with E-state index in [-0.39, 0.29) is 0 Å². The highest BCUT2D eigenvalue weighted by Crippen LogP contribution is 2.35. The number of nitrogen functional groups attached to an aromatic ring is 1. The Bertz CT molecular complexity index is 670. The predicted molar refractivity (Wildman–Crippen MR) is 115 cm³/mol. The number of likely N-dealkylation sites (N-methyl/N-ethyl adjacent to an activating group) is 1. The minimum atomic E-state index is -0.579.